The lowest BCUT2D eigenvalue weighted by Crippen LogP contribution is -2.44. The van der Waals surface area contributed by atoms with Crippen LogP contribution in [0.1, 0.15) is 48.4 Å². The van der Waals surface area contributed by atoms with Gasteiger partial charge >= 0.3 is 0 Å². The second kappa shape index (κ2) is 9.27. The van der Waals surface area contributed by atoms with Crippen LogP contribution in [0.25, 0.3) is 0 Å². The minimum atomic E-state index is -0.247. The van der Waals surface area contributed by atoms with E-state index in [1.54, 1.807) is 7.11 Å². The Balaban J connectivity index is 1.72. The molecule has 5 heteroatoms. The van der Waals surface area contributed by atoms with Crippen LogP contribution in [0.5, 0.6) is 5.75 Å². The van der Waals surface area contributed by atoms with Gasteiger partial charge in [0.1, 0.15) is 12.4 Å². The highest BCUT2D eigenvalue weighted by atomic mass is 16.5. The Labute approximate surface area is 169 Å². The number of amides is 1. The van der Waals surface area contributed by atoms with Crippen LogP contribution < -0.4 is 4.74 Å². The number of aryl methyl sites for hydroxylation is 1. The van der Waals surface area contributed by atoms with Gasteiger partial charge in [-0.3, -0.25) is 4.79 Å². The number of hydrogen-bond acceptors (Lipinski definition) is 4. The van der Waals surface area contributed by atoms with Crippen LogP contribution in [0.15, 0.2) is 6.07 Å². The van der Waals surface area contributed by atoms with Gasteiger partial charge in [0.2, 0.25) is 5.91 Å². The van der Waals surface area contributed by atoms with Crippen LogP contribution in [0.2, 0.25) is 0 Å². The molecule has 0 aromatic heterocycles. The molecule has 1 aromatic rings. The monoisotopic (exact) mass is 389 g/mol. The van der Waals surface area contributed by atoms with Gasteiger partial charge in [-0.2, -0.15) is 0 Å². The summed E-state index contributed by atoms with van der Waals surface area (Å²) in [6.07, 6.45) is 4.18. The number of ether oxygens (including phenoxy) is 2. The molecule has 1 amide bonds. The molecule has 156 valence electrons. The number of methoxy groups -OCH3 is 1. The molecule has 2 atom stereocenters. The second-order valence-electron chi connectivity index (χ2n) is 8.46. The summed E-state index contributed by atoms with van der Waals surface area (Å²) in [5.41, 5.74) is 5.31. The predicted octanol–water partition coefficient (Wildman–Crippen LogP) is 3.05. The third-order valence-corrected chi connectivity index (χ3v) is 6.66. The normalized spacial score (nSPS) is 21.3. The molecule has 1 aromatic carbocycles. The van der Waals surface area contributed by atoms with Gasteiger partial charge in [0.15, 0.2) is 0 Å². The number of aliphatic hydroxyl groups is 1. The lowest BCUT2D eigenvalue weighted by Gasteiger charge is -2.36. The highest BCUT2D eigenvalue weighted by Gasteiger charge is 2.33. The summed E-state index contributed by atoms with van der Waals surface area (Å²) in [6, 6.07) is 2.15. The van der Waals surface area contributed by atoms with Crippen LogP contribution >= 0.6 is 0 Å². The molecule has 28 heavy (non-hydrogen) atoms. The molecule has 0 spiro atoms. The summed E-state index contributed by atoms with van der Waals surface area (Å²) in [5.74, 6) is 1.57. The number of nitrogens with zero attached hydrogens (tertiary/aromatic N) is 1. The second-order valence-corrected chi connectivity index (χ2v) is 8.46. The number of benzene rings is 1. The van der Waals surface area contributed by atoms with E-state index in [-0.39, 0.29) is 17.9 Å². The summed E-state index contributed by atoms with van der Waals surface area (Å²) in [4.78, 5) is 15.0. The number of carbonyl (C=O) groups excluding carboxylic acids is 1. The molecule has 1 saturated heterocycles. The molecular formula is C23H35NO4. The van der Waals surface area contributed by atoms with Crippen LogP contribution in [0.4, 0.5) is 0 Å². The Hall–Kier alpha value is -1.59. The molecule has 1 aliphatic carbocycles. The van der Waals surface area contributed by atoms with E-state index in [1.807, 2.05) is 4.90 Å². The van der Waals surface area contributed by atoms with E-state index in [0.717, 1.165) is 25.0 Å². The fourth-order valence-electron chi connectivity index (χ4n) is 4.71. The van der Waals surface area contributed by atoms with Gasteiger partial charge in [-0.25, -0.2) is 0 Å². The summed E-state index contributed by atoms with van der Waals surface area (Å²) in [5, 5.41) is 9.71. The lowest BCUT2D eigenvalue weighted by molar-refractivity contribution is -0.138. The summed E-state index contributed by atoms with van der Waals surface area (Å²) in [6.45, 7) is 8.89. The van der Waals surface area contributed by atoms with E-state index < -0.39 is 0 Å². The van der Waals surface area contributed by atoms with Crippen molar-refractivity contribution in [2.75, 3.05) is 33.4 Å². The van der Waals surface area contributed by atoms with Crippen molar-refractivity contribution in [3.8, 4) is 5.75 Å². The summed E-state index contributed by atoms with van der Waals surface area (Å²) >= 11 is 0. The van der Waals surface area contributed by atoms with Crippen molar-refractivity contribution in [3.05, 3.63) is 28.3 Å². The maximum Gasteiger partial charge on any atom is 0.225 e. The van der Waals surface area contributed by atoms with E-state index in [9.17, 15) is 9.90 Å². The summed E-state index contributed by atoms with van der Waals surface area (Å²) in [7, 11) is 1.68. The maximum atomic E-state index is 13.0. The number of rotatable bonds is 6. The minimum Gasteiger partial charge on any atom is -0.491 e. The first-order valence-electron chi connectivity index (χ1n) is 10.6. The molecule has 3 rings (SSSR count). The Morgan fingerprint density at radius 1 is 1.21 bits per heavy atom. The van der Waals surface area contributed by atoms with Crippen LogP contribution in [-0.2, 0) is 22.4 Å². The first kappa shape index (κ1) is 21.1. The van der Waals surface area contributed by atoms with Crippen molar-refractivity contribution in [1.82, 2.24) is 4.90 Å². The molecule has 1 heterocycles. The fraction of sp³-hybridized carbons (Fsp3) is 0.696. The quantitative estimate of drug-likeness (QED) is 0.760. The molecule has 2 aliphatic rings. The average Bonchev–Trinajstić information content (AvgIpc) is 2.71. The molecule has 1 N–H and O–H groups in total. The van der Waals surface area contributed by atoms with E-state index in [4.69, 9.17) is 9.47 Å². The highest BCUT2D eigenvalue weighted by Crippen LogP contribution is 2.38. The Kier molecular flexibility index (Phi) is 7.00. The number of hydrogen-bond donors (Lipinski definition) is 1. The van der Waals surface area contributed by atoms with Gasteiger partial charge in [-0.15, -0.1) is 0 Å². The van der Waals surface area contributed by atoms with E-state index >= 15 is 0 Å². The molecule has 1 fully saturated rings. The van der Waals surface area contributed by atoms with Gasteiger partial charge in [-0.1, -0.05) is 6.92 Å². The zero-order valence-electron chi connectivity index (χ0n) is 17.8. The van der Waals surface area contributed by atoms with Gasteiger partial charge < -0.3 is 19.5 Å². The van der Waals surface area contributed by atoms with E-state index in [1.165, 1.54) is 22.3 Å². The molecule has 1 aliphatic heterocycles. The zero-order valence-corrected chi connectivity index (χ0v) is 17.8. The Morgan fingerprint density at radius 2 is 1.93 bits per heavy atom. The molecule has 0 saturated carbocycles. The van der Waals surface area contributed by atoms with Crippen molar-refractivity contribution in [2.45, 2.75) is 59.0 Å². The predicted molar refractivity (Wildman–Crippen MR) is 110 cm³/mol. The third-order valence-electron chi connectivity index (χ3n) is 6.66. The van der Waals surface area contributed by atoms with Crippen molar-refractivity contribution < 1.29 is 19.4 Å². The van der Waals surface area contributed by atoms with Crippen LogP contribution in [0.3, 0.4) is 0 Å². The first-order chi connectivity index (χ1) is 13.4. The smallest absolute Gasteiger partial charge is 0.225 e. The number of fused-ring (bicyclic) bond motifs is 1. The van der Waals surface area contributed by atoms with Crippen molar-refractivity contribution in [2.24, 2.45) is 11.8 Å². The number of carbonyl (C=O) groups is 1. The van der Waals surface area contributed by atoms with Crippen LogP contribution in [-0.4, -0.2) is 55.4 Å². The van der Waals surface area contributed by atoms with Crippen molar-refractivity contribution >= 4 is 5.91 Å². The number of piperidine rings is 1. The highest BCUT2D eigenvalue weighted by molar-refractivity contribution is 5.79. The van der Waals surface area contributed by atoms with E-state index in [0.29, 0.717) is 45.1 Å². The molecule has 1 unspecified atom stereocenters. The lowest BCUT2D eigenvalue weighted by atomic mass is 9.74. The third kappa shape index (κ3) is 4.52. The van der Waals surface area contributed by atoms with Crippen molar-refractivity contribution in [1.29, 1.82) is 0 Å². The molecular weight excluding hydrogens is 354 g/mol. The van der Waals surface area contributed by atoms with Gasteiger partial charge in [0.25, 0.3) is 0 Å². The first-order valence-corrected chi connectivity index (χ1v) is 10.6. The van der Waals surface area contributed by atoms with Gasteiger partial charge in [-0.05, 0) is 80.2 Å². The Morgan fingerprint density at radius 3 is 2.61 bits per heavy atom. The Bertz CT molecular complexity index is 694. The zero-order chi connectivity index (χ0) is 20.3. The average molecular weight is 390 g/mol. The van der Waals surface area contributed by atoms with Crippen LogP contribution in [0, 0.1) is 25.7 Å². The topological polar surface area (TPSA) is 59.0 Å². The standard InChI is InChI=1S/C23H35NO4/c1-15-13-22(28-12-11-27-4)17(3)21-14-18(5-6-20(15)21)16(2)23(26)24-9-7-19(25)8-10-24/h13,16,18-19,25H,5-12,14H2,1-4H3/t16?,18-/m1/s1. The maximum absolute atomic E-state index is 13.0. The molecule has 0 bridgehead atoms. The largest absolute Gasteiger partial charge is 0.491 e. The van der Waals surface area contributed by atoms with Gasteiger partial charge in [0.05, 0.1) is 12.7 Å². The SMILES string of the molecule is COCCOc1cc(C)c2c(c1C)C[C@H](C(C)C(=O)N1CCC(O)CC1)CC2. The van der Waals surface area contributed by atoms with E-state index in [2.05, 4.69) is 26.8 Å². The van der Waals surface area contributed by atoms with Crippen molar-refractivity contribution in [3.63, 3.8) is 0 Å². The number of likely N-dealkylation sites (tertiary alicyclic amines) is 1. The minimum absolute atomic E-state index is 0.0150. The summed E-state index contributed by atoms with van der Waals surface area (Å²) < 4.78 is 11.1. The number of aliphatic hydroxyl groups excluding tert-OH is 1. The molecule has 0 radical (unpaired) electrons. The van der Waals surface area contributed by atoms with Gasteiger partial charge in [0, 0.05) is 26.1 Å². The fourth-order valence-corrected chi connectivity index (χ4v) is 4.71. The molecule has 5 nitrogen and oxygen atoms in total.